The second kappa shape index (κ2) is 7.49. The molecule has 116 valence electrons. The molecule has 5 nitrogen and oxygen atoms in total. The van der Waals surface area contributed by atoms with Crippen molar-refractivity contribution in [2.45, 2.75) is 6.61 Å². The molecule has 2 aromatic rings. The Hall–Kier alpha value is -1.76. The fourth-order valence-electron chi connectivity index (χ4n) is 1.46. The van der Waals surface area contributed by atoms with Gasteiger partial charge in [-0.3, -0.25) is 0 Å². The van der Waals surface area contributed by atoms with Crippen LogP contribution in [0.1, 0.15) is 11.5 Å². The zero-order chi connectivity index (χ0) is 16.1. The van der Waals surface area contributed by atoms with Gasteiger partial charge in [0.1, 0.15) is 23.9 Å². The van der Waals surface area contributed by atoms with Gasteiger partial charge in [0.25, 0.3) is 0 Å². The Bertz CT molecular complexity index is 703. The van der Waals surface area contributed by atoms with E-state index in [1.165, 1.54) is 11.2 Å². The van der Waals surface area contributed by atoms with E-state index in [1.807, 2.05) is 0 Å². The highest BCUT2D eigenvalue weighted by Crippen LogP contribution is 2.26. The average molecular weight is 358 g/mol. The van der Waals surface area contributed by atoms with E-state index in [0.717, 1.165) is 0 Å². The van der Waals surface area contributed by atoms with Crippen molar-refractivity contribution in [3.05, 3.63) is 51.9 Å². The lowest BCUT2D eigenvalue weighted by atomic mass is 10.3. The third-order valence-electron chi connectivity index (χ3n) is 2.63. The zero-order valence-electron chi connectivity index (χ0n) is 11.6. The SMILES string of the molecule is CN(N=Cc1ccc(COc2ccc(Cl)c(Cl)c2)o1)C(N)=S. The Morgan fingerprint density at radius 1 is 1.36 bits per heavy atom. The van der Waals surface area contributed by atoms with Crippen LogP contribution >= 0.6 is 35.4 Å². The number of rotatable bonds is 5. The second-order valence-electron chi connectivity index (χ2n) is 4.28. The minimum atomic E-state index is 0.172. The minimum absolute atomic E-state index is 0.172. The first kappa shape index (κ1) is 16.6. The van der Waals surface area contributed by atoms with Crippen molar-refractivity contribution >= 4 is 46.7 Å². The van der Waals surface area contributed by atoms with Gasteiger partial charge in [0.15, 0.2) is 5.11 Å². The Morgan fingerprint density at radius 2 is 2.14 bits per heavy atom. The molecule has 0 saturated heterocycles. The molecule has 0 radical (unpaired) electrons. The van der Waals surface area contributed by atoms with Gasteiger partial charge in [0.05, 0.1) is 16.3 Å². The monoisotopic (exact) mass is 357 g/mol. The van der Waals surface area contributed by atoms with Gasteiger partial charge in [-0.15, -0.1) is 0 Å². The standard InChI is InChI=1S/C14H13Cl2N3O2S/c1-19(14(17)22)18-7-10-2-3-11(21-10)8-20-9-4-5-12(15)13(16)6-9/h2-7H,8H2,1H3,(H2,17,22). The average Bonchev–Trinajstić information content (AvgIpc) is 2.94. The number of furan rings is 1. The maximum Gasteiger partial charge on any atom is 0.186 e. The summed E-state index contributed by atoms with van der Waals surface area (Å²) in [6.45, 7) is 0.261. The van der Waals surface area contributed by atoms with Gasteiger partial charge in [-0.05, 0) is 36.5 Å². The summed E-state index contributed by atoms with van der Waals surface area (Å²) in [7, 11) is 1.65. The van der Waals surface area contributed by atoms with Crippen LogP contribution in [-0.2, 0) is 6.61 Å². The van der Waals surface area contributed by atoms with Crippen LogP contribution in [-0.4, -0.2) is 23.4 Å². The molecule has 0 amide bonds. The largest absolute Gasteiger partial charge is 0.486 e. The Balaban J connectivity index is 1.94. The molecule has 2 N–H and O–H groups in total. The van der Waals surface area contributed by atoms with Gasteiger partial charge in [-0.25, -0.2) is 5.01 Å². The Kier molecular flexibility index (Phi) is 5.65. The number of hydrogen-bond donors (Lipinski definition) is 1. The van der Waals surface area contributed by atoms with E-state index < -0.39 is 0 Å². The molecular weight excluding hydrogens is 345 g/mol. The van der Waals surface area contributed by atoms with E-state index in [2.05, 4.69) is 5.10 Å². The molecule has 0 saturated carbocycles. The summed E-state index contributed by atoms with van der Waals surface area (Å²) in [5.41, 5.74) is 5.41. The highest BCUT2D eigenvalue weighted by atomic mass is 35.5. The van der Waals surface area contributed by atoms with Crippen LogP contribution in [0.5, 0.6) is 5.75 Å². The van der Waals surface area contributed by atoms with Crippen molar-refractivity contribution < 1.29 is 9.15 Å². The molecule has 1 heterocycles. The summed E-state index contributed by atoms with van der Waals surface area (Å²) in [5.74, 6) is 1.82. The van der Waals surface area contributed by atoms with Crippen molar-refractivity contribution in [2.75, 3.05) is 7.05 Å². The number of hydrazone groups is 1. The maximum absolute atomic E-state index is 5.92. The molecule has 0 atom stereocenters. The summed E-state index contributed by atoms with van der Waals surface area (Å²) < 4.78 is 11.1. The van der Waals surface area contributed by atoms with Crippen molar-refractivity contribution in [3.8, 4) is 5.75 Å². The molecule has 0 fully saturated rings. The van der Waals surface area contributed by atoms with Crippen LogP contribution < -0.4 is 10.5 Å². The van der Waals surface area contributed by atoms with Crippen molar-refractivity contribution in [3.63, 3.8) is 0 Å². The lowest BCUT2D eigenvalue weighted by Crippen LogP contribution is -2.26. The van der Waals surface area contributed by atoms with Crippen molar-refractivity contribution in [2.24, 2.45) is 10.8 Å². The predicted octanol–water partition coefficient (Wildman–Crippen LogP) is 3.67. The number of benzene rings is 1. The minimum Gasteiger partial charge on any atom is -0.486 e. The van der Waals surface area contributed by atoms with Crippen LogP contribution in [0.15, 0.2) is 39.9 Å². The fraction of sp³-hybridized carbons (Fsp3) is 0.143. The van der Waals surface area contributed by atoms with E-state index in [4.69, 9.17) is 50.3 Å². The maximum atomic E-state index is 5.92. The number of nitrogens with zero attached hydrogens (tertiary/aromatic N) is 2. The smallest absolute Gasteiger partial charge is 0.186 e. The molecule has 2 rings (SSSR count). The van der Waals surface area contributed by atoms with E-state index in [-0.39, 0.29) is 11.7 Å². The molecule has 0 aliphatic carbocycles. The fourth-order valence-corrected chi connectivity index (χ4v) is 1.80. The van der Waals surface area contributed by atoms with Gasteiger partial charge < -0.3 is 14.9 Å². The molecule has 8 heteroatoms. The number of hydrogen-bond acceptors (Lipinski definition) is 4. The molecule has 0 spiro atoms. The van der Waals surface area contributed by atoms with E-state index in [9.17, 15) is 0 Å². The van der Waals surface area contributed by atoms with Crippen molar-refractivity contribution in [1.82, 2.24) is 5.01 Å². The summed E-state index contributed by atoms with van der Waals surface area (Å²) in [6, 6.07) is 8.61. The third-order valence-corrected chi connectivity index (χ3v) is 3.63. The summed E-state index contributed by atoms with van der Waals surface area (Å²) in [5, 5.41) is 6.48. The first-order valence-electron chi connectivity index (χ1n) is 6.19. The highest BCUT2D eigenvalue weighted by Gasteiger charge is 2.04. The third kappa shape index (κ3) is 4.62. The molecule has 22 heavy (non-hydrogen) atoms. The van der Waals surface area contributed by atoms with Gasteiger partial charge in [-0.1, -0.05) is 23.2 Å². The van der Waals surface area contributed by atoms with Gasteiger partial charge >= 0.3 is 0 Å². The van der Waals surface area contributed by atoms with Crippen LogP contribution in [0.25, 0.3) is 0 Å². The topological polar surface area (TPSA) is 64.0 Å². The van der Waals surface area contributed by atoms with E-state index >= 15 is 0 Å². The first-order valence-corrected chi connectivity index (χ1v) is 7.36. The summed E-state index contributed by atoms with van der Waals surface area (Å²) >= 11 is 16.5. The molecule has 1 aromatic heterocycles. The number of halogens is 2. The number of thiocarbonyl (C=S) groups is 1. The van der Waals surface area contributed by atoms with Gasteiger partial charge in [-0.2, -0.15) is 5.10 Å². The molecular formula is C14H13Cl2N3O2S. The molecule has 0 unspecified atom stereocenters. The second-order valence-corrected chi connectivity index (χ2v) is 5.51. The van der Waals surface area contributed by atoms with Gasteiger partial charge in [0, 0.05) is 13.1 Å². The molecule has 0 aliphatic heterocycles. The number of nitrogens with two attached hydrogens (primary N) is 1. The highest BCUT2D eigenvalue weighted by molar-refractivity contribution is 7.80. The number of ether oxygens (including phenoxy) is 1. The summed E-state index contributed by atoms with van der Waals surface area (Å²) in [6.07, 6.45) is 1.52. The van der Waals surface area contributed by atoms with Crippen LogP contribution in [0.2, 0.25) is 10.0 Å². The van der Waals surface area contributed by atoms with E-state index in [1.54, 1.807) is 37.4 Å². The van der Waals surface area contributed by atoms with E-state index in [0.29, 0.717) is 27.3 Å². The van der Waals surface area contributed by atoms with Gasteiger partial charge in [0.2, 0.25) is 0 Å². The Labute approximate surface area is 143 Å². The van der Waals surface area contributed by atoms with Crippen LogP contribution in [0, 0.1) is 0 Å². The quantitative estimate of drug-likeness (QED) is 0.502. The normalized spacial score (nSPS) is 10.9. The van der Waals surface area contributed by atoms with Crippen LogP contribution in [0.3, 0.4) is 0 Å². The Morgan fingerprint density at radius 3 is 2.82 bits per heavy atom. The summed E-state index contributed by atoms with van der Waals surface area (Å²) in [4.78, 5) is 0. The molecule has 0 bridgehead atoms. The first-order chi connectivity index (χ1) is 10.5. The zero-order valence-corrected chi connectivity index (χ0v) is 14.0. The van der Waals surface area contributed by atoms with Crippen LogP contribution in [0.4, 0.5) is 0 Å². The predicted molar refractivity (Wildman–Crippen MR) is 91.6 cm³/mol. The molecule has 1 aromatic carbocycles. The molecule has 0 aliphatic rings. The van der Waals surface area contributed by atoms with Crippen molar-refractivity contribution in [1.29, 1.82) is 0 Å². The lowest BCUT2D eigenvalue weighted by molar-refractivity contribution is 0.270. The lowest BCUT2D eigenvalue weighted by Gasteiger charge is -2.07.